The van der Waals surface area contributed by atoms with Crippen LogP contribution in [-0.4, -0.2) is 28.5 Å². The Bertz CT molecular complexity index is 607. The van der Waals surface area contributed by atoms with Gasteiger partial charge >= 0.3 is 0 Å². The van der Waals surface area contributed by atoms with E-state index in [0.717, 1.165) is 42.5 Å². The van der Waals surface area contributed by atoms with Crippen LogP contribution in [0.25, 0.3) is 5.57 Å². The number of carbonyl (C=O) groups is 1. The van der Waals surface area contributed by atoms with Crippen LogP contribution in [0.15, 0.2) is 17.9 Å². The summed E-state index contributed by atoms with van der Waals surface area (Å²) in [6, 6.07) is 4.36. The Morgan fingerprint density at radius 1 is 1.14 bits per heavy atom. The summed E-state index contributed by atoms with van der Waals surface area (Å²) in [7, 11) is 0. The van der Waals surface area contributed by atoms with E-state index >= 15 is 0 Å². The number of aliphatic hydroxyl groups is 1. The molecule has 1 amide bonds. The van der Waals surface area contributed by atoms with E-state index in [1.165, 1.54) is 5.56 Å². The molecule has 0 saturated carbocycles. The zero-order chi connectivity index (χ0) is 15.1. The molecule has 3 nitrogen and oxygen atoms in total. The van der Waals surface area contributed by atoms with Crippen molar-refractivity contribution in [2.45, 2.75) is 52.5 Å². The zero-order valence-electron chi connectivity index (χ0n) is 13.1. The quantitative estimate of drug-likeness (QED) is 0.855. The minimum atomic E-state index is 0.0125. The van der Waals surface area contributed by atoms with Gasteiger partial charge < -0.3 is 10.0 Å². The lowest BCUT2D eigenvalue weighted by molar-refractivity contribution is -0.129. The van der Waals surface area contributed by atoms with Gasteiger partial charge in [-0.2, -0.15) is 0 Å². The maximum atomic E-state index is 12.9. The third kappa shape index (κ3) is 2.35. The van der Waals surface area contributed by atoms with Crippen molar-refractivity contribution in [1.29, 1.82) is 0 Å². The Labute approximate surface area is 126 Å². The fourth-order valence-corrected chi connectivity index (χ4v) is 3.90. The first-order chi connectivity index (χ1) is 9.99. The molecule has 1 N–H and O–H groups in total. The average molecular weight is 285 g/mol. The minimum absolute atomic E-state index is 0.0125. The van der Waals surface area contributed by atoms with E-state index < -0.39 is 0 Å². The van der Waals surface area contributed by atoms with E-state index in [9.17, 15) is 9.90 Å². The summed E-state index contributed by atoms with van der Waals surface area (Å²) in [5.41, 5.74) is 4.78. The highest BCUT2D eigenvalue weighted by Gasteiger charge is 2.37. The van der Waals surface area contributed by atoms with E-state index in [1.54, 1.807) is 0 Å². The second-order valence-electron chi connectivity index (χ2n) is 6.45. The van der Waals surface area contributed by atoms with Crippen molar-refractivity contribution in [2.75, 3.05) is 6.54 Å². The highest BCUT2D eigenvalue weighted by atomic mass is 16.3. The molecule has 1 aromatic rings. The smallest absolute Gasteiger partial charge is 0.258 e. The number of rotatable bonds is 1. The summed E-state index contributed by atoms with van der Waals surface area (Å²) in [5.74, 6) is 0.289. The number of amides is 1. The lowest BCUT2D eigenvalue weighted by Gasteiger charge is -2.40. The Hall–Kier alpha value is -1.77. The SMILES string of the molecule is Cc1cc(C)c(C2=C(O)CC3CCCCN3C2=O)c(C)c1. The van der Waals surface area contributed by atoms with Gasteiger partial charge in [-0.1, -0.05) is 17.7 Å². The predicted octanol–water partition coefficient (Wildman–Crippen LogP) is 3.67. The summed E-state index contributed by atoms with van der Waals surface area (Å²) in [4.78, 5) is 14.8. The number of aliphatic hydroxyl groups excluding tert-OH is 1. The molecule has 0 spiro atoms. The first-order valence-electron chi connectivity index (χ1n) is 7.80. The van der Waals surface area contributed by atoms with E-state index in [0.29, 0.717) is 12.0 Å². The molecule has 1 unspecified atom stereocenters. The second kappa shape index (κ2) is 5.21. The molecule has 2 heterocycles. The van der Waals surface area contributed by atoms with Crippen LogP contribution in [0.3, 0.4) is 0 Å². The van der Waals surface area contributed by atoms with Crippen molar-refractivity contribution >= 4 is 11.5 Å². The van der Waals surface area contributed by atoms with Gasteiger partial charge in [-0.3, -0.25) is 4.79 Å². The maximum Gasteiger partial charge on any atom is 0.258 e. The molecule has 1 saturated heterocycles. The molecule has 1 aromatic carbocycles. The lowest BCUT2D eigenvalue weighted by Crippen LogP contribution is -2.47. The summed E-state index contributed by atoms with van der Waals surface area (Å²) in [6.45, 7) is 6.92. The number of hydrogen-bond acceptors (Lipinski definition) is 2. The third-order valence-corrected chi connectivity index (χ3v) is 4.75. The van der Waals surface area contributed by atoms with Crippen LogP contribution >= 0.6 is 0 Å². The Kier molecular flexibility index (Phi) is 3.52. The van der Waals surface area contributed by atoms with Crippen molar-refractivity contribution < 1.29 is 9.90 Å². The second-order valence-corrected chi connectivity index (χ2v) is 6.45. The van der Waals surface area contributed by atoms with Crippen molar-refractivity contribution in [3.8, 4) is 0 Å². The van der Waals surface area contributed by atoms with Gasteiger partial charge in [0.05, 0.1) is 5.57 Å². The summed E-state index contributed by atoms with van der Waals surface area (Å²) in [6.07, 6.45) is 3.84. The van der Waals surface area contributed by atoms with Crippen molar-refractivity contribution in [3.63, 3.8) is 0 Å². The lowest BCUT2D eigenvalue weighted by atomic mass is 9.86. The molecule has 0 aliphatic carbocycles. The molecule has 21 heavy (non-hydrogen) atoms. The highest BCUT2D eigenvalue weighted by Crippen LogP contribution is 2.36. The number of fused-ring (bicyclic) bond motifs is 1. The number of nitrogens with zero attached hydrogens (tertiary/aromatic N) is 1. The van der Waals surface area contributed by atoms with Crippen LogP contribution in [0.2, 0.25) is 0 Å². The zero-order valence-corrected chi connectivity index (χ0v) is 13.1. The minimum Gasteiger partial charge on any atom is -0.511 e. The van der Waals surface area contributed by atoms with E-state index in [-0.39, 0.29) is 17.7 Å². The Morgan fingerprint density at radius 3 is 2.48 bits per heavy atom. The average Bonchev–Trinajstić information content (AvgIpc) is 2.41. The Morgan fingerprint density at radius 2 is 1.81 bits per heavy atom. The molecule has 3 heteroatoms. The standard InChI is InChI=1S/C18H23NO2/c1-11-8-12(2)16(13(3)9-11)17-15(20)10-14-6-4-5-7-19(14)18(17)21/h8-9,14,20H,4-7,10H2,1-3H3. The number of carbonyl (C=O) groups excluding carboxylic acids is 1. The van der Waals surface area contributed by atoms with Gasteiger partial charge in [0.15, 0.2) is 0 Å². The van der Waals surface area contributed by atoms with Crippen molar-refractivity contribution in [3.05, 3.63) is 40.1 Å². The summed E-state index contributed by atoms with van der Waals surface area (Å²) in [5, 5.41) is 10.5. The fourth-order valence-electron chi connectivity index (χ4n) is 3.90. The Balaban J connectivity index is 2.11. The number of hydrogen-bond donors (Lipinski definition) is 1. The van der Waals surface area contributed by atoms with Gasteiger partial charge in [-0.05, 0) is 56.7 Å². The van der Waals surface area contributed by atoms with Gasteiger partial charge in [-0.25, -0.2) is 0 Å². The maximum absolute atomic E-state index is 12.9. The summed E-state index contributed by atoms with van der Waals surface area (Å²) >= 11 is 0. The molecular weight excluding hydrogens is 262 g/mol. The molecule has 1 atom stereocenters. The van der Waals surface area contributed by atoms with Crippen LogP contribution < -0.4 is 0 Å². The first kappa shape index (κ1) is 14.2. The molecule has 0 aromatic heterocycles. The molecule has 1 fully saturated rings. The summed E-state index contributed by atoms with van der Waals surface area (Å²) < 4.78 is 0. The highest BCUT2D eigenvalue weighted by molar-refractivity contribution is 6.21. The van der Waals surface area contributed by atoms with Gasteiger partial charge in [0.1, 0.15) is 5.76 Å². The molecule has 112 valence electrons. The van der Waals surface area contributed by atoms with E-state index in [1.807, 2.05) is 18.7 Å². The number of piperidine rings is 1. The van der Waals surface area contributed by atoms with Crippen LogP contribution in [0.1, 0.15) is 47.9 Å². The van der Waals surface area contributed by atoms with Crippen LogP contribution in [0.4, 0.5) is 0 Å². The molecule has 2 aliphatic rings. The van der Waals surface area contributed by atoms with Crippen LogP contribution in [0, 0.1) is 20.8 Å². The largest absolute Gasteiger partial charge is 0.511 e. The van der Waals surface area contributed by atoms with E-state index in [2.05, 4.69) is 19.1 Å². The molecule has 3 rings (SSSR count). The topological polar surface area (TPSA) is 40.5 Å². The number of benzene rings is 1. The van der Waals surface area contributed by atoms with Gasteiger partial charge in [0, 0.05) is 19.0 Å². The molecule has 0 bridgehead atoms. The third-order valence-electron chi connectivity index (χ3n) is 4.75. The normalized spacial score (nSPS) is 22.5. The van der Waals surface area contributed by atoms with Gasteiger partial charge in [0.2, 0.25) is 0 Å². The van der Waals surface area contributed by atoms with Gasteiger partial charge in [-0.15, -0.1) is 0 Å². The molecule has 2 aliphatic heterocycles. The monoisotopic (exact) mass is 285 g/mol. The number of aryl methyl sites for hydroxylation is 3. The predicted molar refractivity (Wildman–Crippen MR) is 84.2 cm³/mol. The van der Waals surface area contributed by atoms with Crippen LogP contribution in [-0.2, 0) is 4.79 Å². The van der Waals surface area contributed by atoms with Crippen LogP contribution in [0.5, 0.6) is 0 Å². The van der Waals surface area contributed by atoms with Crippen molar-refractivity contribution in [1.82, 2.24) is 4.90 Å². The molecular formula is C18H23NO2. The van der Waals surface area contributed by atoms with Crippen molar-refractivity contribution in [2.24, 2.45) is 0 Å². The fraction of sp³-hybridized carbons (Fsp3) is 0.500. The van der Waals surface area contributed by atoms with Gasteiger partial charge in [0.25, 0.3) is 5.91 Å². The molecule has 0 radical (unpaired) electrons. The first-order valence-corrected chi connectivity index (χ1v) is 7.80. The van der Waals surface area contributed by atoms with E-state index in [4.69, 9.17) is 0 Å².